The fourth-order valence-electron chi connectivity index (χ4n) is 4.07. The minimum absolute atomic E-state index is 0.0539. The fraction of sp³-hybridized carbons (Fsp3) is 0.579. The minimum atomic E-state index is -0.205. The molecule has 1 aromatic carbocycles. The van der Waals surface area contributed by atoms with Crippen LogP contribution in [0.4, 0.5) is 11.4 Å². The predicted octanol–water partition coefficient (Wildman–Crippen LogP) is 1.50. The van der Waals surface area contributed by atoms with Crippen molar-refractivity contribution in [3.05, 3.63) is 24.3 Å². The monoisotopic (exact) mass is 343 g/mol. The van der Waals surface area contributed by atoms with Crippen molar-refractivity contribution >= 4 is 23.2 Å². The standard InChI is InChI=1S/C19H25N3O3/c23-18-13-15(19(24)21-7-3-4-8-21)14-22(18)17-6-2-1-5-16(17)20-9-11-25-12-10-20/h1-2,5-6,15H,3-4,7-14H2. The molecule has 3 aliphatic rings. The number of para-hydroxylation sites is 2. The molecular formula is C19H25N3O3. The van der Waals surface area contributed by atoms with Crippen molar-refractivity contribution in [2.45, 2.75) is 19.3 Å². The summed E-state index contributed by atoms with van der Waals surface area (Å²) in [5.41, 5.74) is 1.99. The highest BCUT2D eigenvalue weighted by molar-refractivity contribution is 6.02. The van der Waals surface area contributed by atoms with Gasteiger partial charge in [0, 0.05) is 39.1 Å². The van der Waals surface area contributed by atoms with Crippen LogP contribution < -0.4 is 9.80 Å². The number of morpholine rings is 1. The number of hydrogen-bond acceptors (Lipinski definition) is 4. The molecule has 0 aromatic heterocycles. The Balaban J connectivity index is 1.53. The van der Waals surface area contributed by atoms with E-state index in [0.29, 0.717) is 26.2 Å². The molecule has 1 unspecified atom stereocenters. The zero-order chi connectivity index (χ0) is 17.2. The molecule has 4 rings (SSSR count). The molecule has 3 fully saturated rings. The summed E-state index contributed by atoms with van der Waals surface area (Å²) in [6.07, 6.45) is 2.48. The molecule has 0 aliphatic carbocycles. The van der Waals surface area contributed by atoms with E-state index < -0.39 is 0 Å². The Morgan fingerprint density at radius 1 is 1.00 bits per heavy atom. The number of ether oxygens (including phenoxy) is 1. The average Bonchev–Trinajstić information content (AvgIpc) is 3.32. The Kier molecular flexibility index (Phi) is 4.61. The molecule has 25 heavy (non-hydrogen) atoms. The zero-order valence-corrected chi connectivity index (χ0v) is 14.5. The summed E-state index contributed by atoms with van der Waals surface area (Å²) in [7, 11) is 0. The third-order valence-corrected chi connectivity index (χ3v) is 5.42. The van der Waals surface area contributed by atoms with Gasteiger partial charge in [0.15, 0.2) is 0 Å². The Hall–Kier alpha value is -2.08. The van der Waals surface area contributed by atoms with Crippen molar-refractivity contribution in [1.29, 1.82) is 0 Å². The van der Waals surface area contributed by atoms with Gasteiger partial charge in [-0.05, 0) is 25.0 Å². The molecular weight excluding hydrogens is 318 g/mol. The van der Waals surface area contributed by atoms with Crippen molar-refractivity contribution in [2.24, 2.45) is 5.92 Å². The SMILES string of the molecule is O=C(C1CC(=O)N(c2ccccc2N2CCOCC2)C1)N1CCCC1. The molecule has 6 heteroatoms. The van der Waals surface area contributed by atoms with E-state index in [0.717, 1.165) is 50.4 Å². The van der Waals surface area contributed by atoms with Crippen molar-refractivity contribution in [1.82, 2.24) is 4.90 Å². The molecule has 3 saturated heterocycles. The van der Waals surface area contributed by atoms with Crippen molar-refractivity contribution in [3.63, 3.8) is 0 Å². The van der Waals surface area contributed by atoms with Crippen LogP contribution in [0, 0.1) is 5.92 Å². The maximum Gasteiger partial charge on any atom is 0.228 e. The highest BCUT2D eigenvalue weighted by Crippen LogP contribution is 2.34. The van der Waals surface area contributed by atoms with Crippen molar-refractivity contribution in [3.8, 4) is 0 Å². The molecule has 1 atom stereocenters. The van der Waals surface area contributed by atoms with E-state index in [2.05, 4.69) is 11.0 Å². The van der Waals surface area contributed by atoms with Crippen LogP contribution in [0.2, 0.25) is 0 Å². The van der Waals surface area contributed by atoms with Crippen molar-refractivity contribution < 1.29 is 14.3 Å². The maximum absolute atomic E-state index is 12.7. The molecule has 3 heterocycles. The lowest BCUT2D eigenvalue weighted by Crippen LogP contribution is -2.38. The molecule has 1 aromatic rings. The zero-order valence-electron chi connectivity index (χ0n) is 14.5. The summed E-state index contributed by atoms with van der Waals surface area (Å²) >= 11 is 0. The Labute approximate surface area is 148 Å². The van der Waals surface area contributed by atoms with E-state index in [1.807, 2.05) is 28.0 Å². The summed E-state index contributed by atoms with van der Waals surface area (Å²) in [4.78, 5) is 31.3. The number of anilines is 2. The first kappa shape index (κ1) is 16.4. The van der Waals surface area contributed by atoms with Gasteiger partial charge in [0.1, 0.15) is 0 Å². The van der Waals surface area contributed by atoms with Gasteiger partial charge in [-0.1, -0.05) is 12.1 Å². The third kappa shape index (κ3) is 3.23. The molecule has 0 N–H and O–H groups in total. The molecule has 134 valence electrons. The molecule has 2 amide bonds. The number of benzene rings is 1. The first-order chi connectivity index (χ1) is 12.2. The van der Waals surface area contributed by atoms with Crippen LogP contribution in [0.25, 0.3) is 0 Å². The highest BCUT2D eigenvalue weighted by Gasteiger charge is 2.38. The largest absolute Gasteiger partial charge is 0.378 e. The molecule has 0 spiro atoms. The van der Waals surface area contributed by atoms with Gasteiger partial charge in [-0.2, -0.15) is 0 Å². The predicted molar refractivity (Wildman–Crippen MR) is 95.7 cm³/mol. The minimum Gasteiger partial charge on any atom is -0.378 e. The van der Waals surface area contributed by atoms with E-state index in [4.69, 9.17) is 4.74 Å². The van der Waals surface area contributed by atoms with Gasteiger partial charge in [0.05, 0.1) is 30.5 Å². The first-order valence-electron chi connectivity index (χ1n) is 9.25. The van der Waals surface area contributed by atoms with Crippen LogP contribution in [0.1, 0.15) is 19.3 Å². The molecule has 0 bridgehead atoms. The second kappa shape index (κ2) is 7.04. The molecule has 0 radical (unpaired) electrons. The lowest BCUT2D eigenvalue weighted by molar-refractivity contribution is -0.134. The van der Waals surface area contributed by atoms with Crippen LogP contribution in [-0.2, 0) is 14.3 Å². The Bertz CT molecular complexity index is 651. The van der Waals surface area contributed by atoms with E-state index in [9.17, 15) is 9.59 Å². The summed E-state index contributed by atoms with van der Waals surface area (Å²) < 4.78 is 5.44. The van der Waals surface area contributed by atoms with Gasteiger partial charge in [-0.25, -0.2) is 0 Å². The molecule has 3 aliphatic heterocycles. The lowest BCUT2D eigenvalue weighted by atomic mass is 10.1. The van der Waals surface area contributed by atoms with E-state index in [-0.39, 0.29) is 17.7 Å². The molecule has 0 saturated carbocycles. The lowest BCUT2D eigenvalue weighted by Gasteiger charge is -2.32. The van der Waals surface area contributed by atoms with Gasteiger partial charge >= 0.3 is 0 Å². The van der Waals surface area contributed by atoms with Crippen LogP contribution in [0.5, 0.6) is 0 Å². The number of carbonyl (C=O) groups excluding carboxylic acids is 2. The summed E-state index contributed by atoms with van der Waals surface area (Å²) in [5.74, 6) is -0.00111. The van der Waals surface area contributed by atoms with Gasteiger partial charge in [-0.15, -0.1) is 0 Å². The summed E-state index contributed by atoms with van der Waals surface area (Å²) in [5, 5.41) is 0. The average molecular weight is 343 g/mol. The van der Waals surface area contributed by atoms with E-state index in [1.165, 1.54) is 0 Å². The molecule has 6 nitrogen and oxygen atoms in total. The van der Waals surface area contributed by atoms with Crippen LogP contribution in [-0.4, -0.2) is 62.7 Å². The van der Waals surface area contributed by atoms with Gasteiger partial charge in [0.25, 0.3) is 0 Å². The van der Waals surface area contributed by atoms with Crippen LogP contribution in [0.15, 0.2) is 24.3 Å². The van der Waals surface area contributed by atoms with E-state index >= 15 is 0 Å². The quantitative estimate of drug-likeness (QED) is 0.835. The summed E-state index contributed by atoms with van der Waals surface area (Å²) in [6.45, 7) is 5.25. The normalized spacial score (nSPS) is 24.2. The third-order valence-electron chi connectivity index (χ3n) is 5.42. The topological polar surface area (TPSA) is 53.1 Å². The number of carbonyl (C=O) groups is 2. The van der Waals surface area contributed by atoms with Gasteiger partial charge < -0.3 is 19.4 Å². The number of likely N-dealkylation sites (tertiary alicyclic amines) is 1. The van der Waals surface area contributed by atoms with Gasteiger partial charge in [0.2, 0.25) is 11.8 Å². The fourth-order valence-corrected chi connectivity index (χ4v) is 4.07. The van der Waals surface area contributed by atoms with Crippen LogP contribution >= 0.6 is 0 Å². The Morgan fingerprint density at radius 2 is 1.68 bits per heavy atom. The smallest absolute Gasteiger partial charge is 0.228 e. The number of rotatable bonds is 3. The number of amides is 2. The Morgan fingerprint density at radius 3 is 2.40 bits per heavy atom. The van der Waals surface area contributed by atoms with Crippen molar-refractivity contribution in [2.75, 3.05) is 55.7 Å². The first-order valence-corrected chi connectivity index (χ1v) is 9.25. The van der Waals surface area contributed by atoms with E-state index in [1.54, 1.807) is 0 Å². The second-order valence-corrected chi connectivity index (χ2v) is 7.03. The summed E-state index contributed by atoms with van der Waals surface area (Å²) in [6, 6.07) is 8.01. The van der Waals surface area contributed by atoms with Gasteiger partial charge in [-0.3, -0.25) is 9.59 Å². The van der Waals surface area contributed by atoms with Crippen LogP contribution in [0.3, 0.4) is 0 Å². The second-order valence-electron chi connectivity index (χ2n) is 7.03. The number of nitrogens with zero attached hydrogens (tertiary/aromatic N) is 3. The maximum atomic E-state index is 12.7. The highest BCUT2D eigenvalue weighted by atomic mass is 16.5. The number of hydrogen-bond donors (Lipinski definition) is 0.